The molecule has 98 valence electrons. The van der Waals surface area contributed by atoms with E-state index in [1.54, 1.807) is 4.68 Å². The molecule has 1 aromatic carbocycles. The van der Waals surface area contributed by atoms with Crippen molar-refractivity contribution < 1.29 is 0 Å². The zero-order valence-electron chi connectivity index (χ0n) is 11.2. The topological polar surface area (TPSA) is 70.9 Å². The number of hydrogen-bond acceptors (Lipinski definition) is 4. The van der Waals surface area contributed by atoms with E-state index >= 15 is 0 Å². The van der Waals surface area contributed by atoms with Crippen molar-refractivity contribution in [1.82, 2.24) is 14.7 Å². The fourth-order valence-corrected chi connectivity index (χ4v) is 1.87. The van der Waals surface area contributed by atoms with Gasteiger partial charge in [-0.1, -0.05) is 18.2 Å². The molecule has 0 saturated carbocycles. The van der Waals surface area contributed by atoms with E-state index < -0.39 is 0 Å². The molecule has 0 aliphatic heterocycles. The number of likely N-dealkylation sites (N-methyl/N-ethyl adjacent to an activating group) is 1. The van der Waals surface area contributed by atoms with E-state index in [1.165, 1.54) is 0 Å². The summed E-state index contributed by atoms with van der Waals surface area (Å²) in [5, 5.41) is 13.7. The third kappa shape index (κ3) is 2.75. The molecule has 1 heterocycles. The maximum absolute atomic E-state index is 9.23. The van der Waals surface area contributed by atoms with E-state index in [-0.39, 0.29) is 0 Å². The Morgan fingerprint density at radius 2 is 2.00 bits per heavy atom. The van der Waals surface area contributed by atoms with Crippen molar-refractivity contribution in [2.45, 2.75) is 6.42 Å². The van der Waals surface area contributed by atoms with Crippen molar-refractivity contribution in [1.29, 1.82) is 5.26 Å². The first-order valence-corrected chi connectivity index (χ1v) is 6.11. The maximum Gasteiger partial charge on any atom is 0.145 e. The lowest BCUT2D eigenvalue weighted by Gasteiger charge is -2.07. The van der Waals surface area contributed by atoms with Gasteiger partial charge < -0.3 is 10.6 Å². The molecule has 2 rings (SSSR count). The summed E-state index contributed by atoms with van der Waals surface area (Å²) < 4.78 is 1.63. The summed E-state index contributed by atoms with van der Waals surface area (Å²) in [6, 6.07) is 11.8. The summed E-state index contributed by atoms with van der Waals surface area (Å²) in [5.74, 6) is 0.405. The number of aromatic nitrogens is 2. The summed E-state index contributed by atoms with van der Waals surface area (Å²) in [6.07, 6.45) is 0.708. The van der Waals surface area contributed by atoms with Crippen LogP contribution in [0.1, 0.15) is 11.3 Å². The van der Waals surface area contributed by atoms with Crippen molar-refractivity contribution in [2.24, 2.45) is 0 Å². The molecular weight excluding hydrogens is 238 g/mol. The minimum Gasteiger partial charge on any atom is -0.382 e. The summed E-state index contributed by atoms with van der Waals surface area (Å²) >= 11 is 0. The Bertz CT molecular complexity index is 592. The molecule has 0 fully saturated rings. The molecule has 2 aromatic rings. The Hall–Kier alpha value is -2.32. The number of nitrogens with two attached hydrogens (primary N) is 1. The van der Waals surface area contributed by atoms with Crippen molar-refractivity contribution in [3.63, 3.8) is 0 Å². The number of nitrogen functional groups attached to an aromatic ring is 1. The van der Waals surface area contributed by atoms with Gasteiger partial charge in [0.25, 0.3) is 0 Å². The van der Waals surface area contributed by atoms with E-state index in [4.69, 9.17) is 5.73 Å². The van der Waals surface area contributed by atoms with Gasteiger partial charge in [0, 0.05) is 13.0 Å². The van der Waals surface area contributed by atoms with Crippen LogP contribution in [0.4, 0.5) is 5.82 Å². The molecule has 19 heavy (non-hydrogen) atoms. The molecule has 0 unspecified atom stereocenters. The van der Waals surface area contributed by atoms with Gasteiger partial charge in [0.1, 0.15) is 17.5 Å². The molecular formula is C14H17N5. The second-order valence-corrected chi connectivity index (χ2v) is 4.62. The normalized spacial score (nSPS) is 10.6. The predicted molar refractivity (Wildman–Crippen MR) is 74.9 cm³/mol. The zero-order chi connectivity index (χ0) is 13.8. The Morgan fingerprint density at radius 3 is 2.58 bits per heavy atom. The van der Waals surface area contributed by atoms with Crippen LogP contribution in [-0.2, 0) is 6.42 Å². The Balaban J connectivity index is 2.40. The van der Waals surface area contributed by atoms with Gasteiger partial charge in [0.2, 0.25) is 0 Å². The summed E-state index contributed by atoms with van der Waals surface area (Å²) in [7, 11) is 3.98. The van der Waals surface area contributed by atoms with Crippen LogP contribution in [0.3, 0.4) is 0 Å². The van der Waals surface area contributed by atoms with Gasteiger partial charge in [-0.25, -0.2) is 4.68 Å². The van der Waals surface area contributed by atoms with Gasteiger partial charge in [0.05, 0.1) is 11.4 Å². The molecule has 0 bridgehead atoms. The highest BCUT2D eigenvalue weighted by atomic mass is 15.3. The van der Waals surface area contributed by atoms with Crippen molar-refractivity contribution in [3.05, 3.63) is 41.6 Å². The number of para-hydroxylation sites is 1. The van der Waals surface area contributed by atoms with E-state index in [0.29, 0.717) is 17.8 Å². The van der Waals surface area contributed by atoms with Crippen LogP contribution in [-0.4, -0.2) is 35.3 Å². The number of anilines is 1. The molecule has 0 saturated heterocycles. The molecule has 0 aliphatic carbocycles. The minimum absolute atomic E-state index is 0.405. The van der Waals surface area contributed by atoms with Gasteiger partial charge in [-0.15, -0.1) is 0 Å². The number of benzene rings is 1. The number of nitrogens with zero attached hydrogens (tertiary/aromatic N) is 4. The Kier molecular flexibility index (Phi) is 3.83. The average molecular weight is 255 g/mol. The third-order valence-corrected chi connectivity index (χ3v) is 2.90. The first kappa shape index (κ1) is 13.1. The van der Waals surface area contributed by atoms with Gasteiger partial charge in [-0.2, -0.15) is 10.4 Å². The largest absolute Gasteiger partial charge is 0.382 e. The van der Waals surface area contributed by atoms with Crippen molar-refractivity contribution in [2.75, 3.05) is 26.4 Å². The number of hydrogen-bond donors (Lipinski definition) is 1. The van der Waals surface area contributed by atoms with Crippen LogP contribution >= 0.6 is 0 Å². The fraction of sp³-hybridized carbons (Fsp3) is 0.286. The molecule has 5 heteroatoms. The second-order valence-electron chi connectivity index (χ2n) is 4.62. The highest BCUT2D eigenvalue weighted by molar-refractivity contribution is 5.56. The molecule has 0 amide bonds. The molecule has 0 radical (unpaired) electrons. The first-order valence-electron chi connectivity index (χ1n) is 6.11. The average Bonchev–Trinajstić information content (AvgIpc) is 2.73. The van der Waals surface area contributed by atoms with Gasteiger partial charge in [-0.05, 0) is 26.2 Å². The van der Waals surface area contributed by atoms with Crippen LogP contribution in [0.15, 0.2) is 30.3 Å². The van der Waals surface area contributed by atoms with E-state index in [1.807, 2.05) is 44.4 Å². The minimum atomic E-state index is 0.405. The van der Waals surface area contributed by atoms with Gasteiger partial charge in [0.15, 0.2) is 0 Å². The lowest BCUT2D eigenvalue weighted by molar-refractivity contribution is 0.411. The van der Waals surface area contributed by atoms with Crippen LogP contribution in [0.5, 0.6) is 0 Å². The first-order chi connectivity index (χ1) is 9.13. The van der Waals surface area contributed by atoms with Crippen LogP contribution in [0.25, 0.3) is 5.69 Å². The molecule has 5 nitrogen and oxygen atoms in total. The van der Waals surface area contributed by atoms with E-state index in [0.717, 1.165) is 17.9 Å². The smallest absolute Gasteiger partial charge is 0.145 e. The summed E-state index contributed by atoms with van der Waals surface area (Å²) in [6.45, 7) is 0.833. The SMILES string of the molecule is CN(C)CCc1nn(-c2ccccc2)c(N)c1C#N. The van der Waals surface area contributed by atoms with Crippen LogP contribution in [0, 0.1) is 11.3 Å². The van der Waals surface area contributed by atoms with E-state index in [2.05, 4.69) is 16.1 Å². The molecule has 2 N–H and O–H groups in total. The Morgan fingerprint density at radius 1 is 1.32 bits per heavy atom. The third-order valence-electron chi connectivity index (χ3n) is 2.90. The molecule has 1 aromatic heterocycles. The molecule has 0 spiro atoms. The van der Waals surface area contributed by atoms with Crippen LogP contribution in [0.2, 0.25) is 0 Å². The van der Waals surface area contributed by atoms with Crippen LogP contribution < -0.4 is 5.73 Å². The fourth-order valence-electron chi connectivity index (χ4n) is 1.87. The lowest BCUT2D eigenvalue weighted by Crippen LogP contribution is -2.15. The molecule has 0 atom stereocenters. The van der Waals surface area contributed by atoms with Crippen molar-refractivity contribution >= 4 is 5.82 Å². The quantitative estimate of drug-likeness (QED) is 0.897. The lowest BCUT2D eigenvalue weighted by atomic mass is 10.2. The van der Waals surface area contributed by atoms with Gasteiger partial charge in [-0.3, -0.25) is 0 Å². The Labute approximate surface area is 112 Å². The predicted octanol–water partition coefficient (Wildman–Crippen LogP) is 1.43. The van der Waals surface area contributed by atoms with E-state index in [9.17, 15) is 5.26 Å². The number of rotatable bonds is 4. The van der Waals surface area contributed by atoms with Gasteiger partial charge >= 0.3 is 0 Å². The highest BCUT2D eigenvalue weighted by Crippen LogP contribution is 2.20. The molecule has 0 aliphatic rings. The monoisotopic (exact) mass is 255 g/mol. The number of nitriles is 1. The zero-order valence-corrected chi connectivity index (χ0v) is 11.2. The maximum atomic E-state index is 9.23. The summed E-state index contributed by atoms with van der Waals surface area (Å²) in [5.41, 5.74) is 8.11. The standard InChI is InChI=1S/C14H17N5/c1-18(2)9-8-13-12(10-15)14(16)19(17-13)11-6-4-3-5-7-11/h3-7H,8-9,16H2,1-2H3. The highest BCUT2D eigenvalue weighted by Gasteiger charge is 2.16. The summed E-state index contributed by atoms with van der Waals surface area (Å²) in [4.78, 5) is 2.05. The van der Waals surface area contributed by atoms with Crippen molar-refractivity contribution in [3.8, 4) is 11.8 Å². The second kappa shape index (κ2) is 5.55.